The fourth-order valence-electron chi connectivity index (χ4n) is 3.29. The summed E-state index contributed by atoms with van der Waals surface area (Å²) in [6.45, 7) is 7.31. The van der Waals surface area contributed by atoms with Crippen LogP contribution >= 0.6 is 0 Å². The molecule has 0 aromatic rings. The van der Waals surface area contributed by atoms with Crippen LogP contribution in [0, 0.1) is 22.0 Å². The minimum Gasteiger partial charge on any atom is -0.772 e. The average Bonchev–Trinajstić information content (AvgIpc) is 2.52. The van der Waals surface area contributed by atoms with Crippen molar-refractivity contribution in [2.75, 3.05) is 0 Å². The lowest BCUT2D eigenvalue weighted by molar-refractivity contribution is -0.527. The Balaban J connectivity index is 4.06. The van der Waals surface area contributed by atoms with Gasteiger partial charge in [-0.1, -0.05) is 89.6 Å². The van der Waals surface area contributed by atoms with Gasteiger partial charge in [0.1, 0.15) is 0 Å². The molecule has 0 saturated carbocycles. The third-order valence-electron chi connectivity index (χ3n) is 5.16. The Morgan fingerprint density at radius 1 is 0.917 bits per heavy atom. The van der Waals surface area contributed by atoms with Crippen molar-refractivity contribution in [1.82, 2.24) is 0 Å². The van der Waals surface area contributed by atoms with Gasteiger partial charge in [-0.3, -0.25) is 14.3 Å². The summed E-state index contributed by atoms with van der Waals surface area (Å²) in [6.07, 6.45) is 11.9. The van der Waals surface area contributed by atoms with Gasteiger partial charge in [0.2, 0.25) is 6.04 Å². The van der Waals surface area contributed by atoms with E-state index in [0.29, 0.717) is 0 Å². The molecule has 0 N–H and O–H groups in total. The summed E-state index contributed by atoms with van der Waals surface area (Å²) < 4.78 is 23.1. The van der Waals surface area contributed by atoms with Gasteiger partial charge >= 0.3 is 0 Å². The van der Waals surface area contributed by atoms with Crippen LogP contribution in [-0.4, -0.2) is 25.0 Å². The van der Waals surface area contributed by atoms with Crippen molar-refractivity contribution in [3.63, 3.8) is 0 Å². The summed E-state index contributed by atoms with van der Waals surface area (Å²) in [7, 11) is 0. The Hall–Kier alpha value is -0.490. The van der Waals surface area contributed by atoms with Crippen molar-refractivity contribution in [3.8, 4) is 0 Å². The van der Waals surface area contributed by atoms with Crippen LogP contribution in [0.4, 0.5) is 0 Å². The molecule has 0 saturated heterocycles. The van der Waals surface area contributed by atoms with E-state index < -0.39 is 28.3 Å². The minimum atomic E-state index is -2.27. The van der Waals surface area contributed by atoms with E-state index in [4.69, 9.17) is 0 Å². The fourth-order valence-corrected chi connectivity index (χ4v) is 4.38. The van der Waals surface area contributed by atoms with E-state index in [-0.39, 0.29) is 10.8 Å². The van der Waals surface area contributed by atoms with Crippen molar-refractivity contribution < 1.29 is 13.7 Å². The van der Waals surface area contributed by atoms with Gasteiger partial charge in [0.15, 0.2) is 0 Å². The van der Waals surface area contributed by atoms with Gasteiger partial charge in [-0.2, -0.15) is 0 Å². The number of unbranched alkanes of at least 4 members (excludes halogenated alkanes) is 8. The van der Waals surface area contributed by atoms with Crippen LogP contribution in [0.2, 0.25) is 0 Å². The number of hydrogen-bond donors (Lipinski definition) is 0. The second-order valence-corrected chi connectivity index (χ2v) is 8.27. The lowest BCUT2D eigenvalue weighted by atomic mass is 9.88. The maximum Gasteiger partial charge on any atom is 0.214 e. The van der Waals surface area contributed by atoms with Crippen LogP contribution < -0.4 is 0 Å². The van der Waals surface area contributed by atoms with Crippen LogP contribution in [0.15, 0.2) is 0 Å². The molecule has 0 aromatic carbocycles. The van der Waals surface area contributed by atoms with Crippen molar-refractivity contribution in [2.45, 2.75) is 103 Å². The molecule has 0 rings (SSSR count). The average molecular weight is 363 g/mol. The molecule has 0 spiro atoms. The smallest absolute Gasteiger partial charge is 0.214 e. The van der Waals surface area contributed by atoms with E-state index in [9.17, 15) is 18.9 Å². The molecule has 0 heterocycles. The largest absolute Gasteiger partial charge is 0.772 e. The fraction of sp³-hybridized carbons (Fsp3) is 1.00. The second-order valence-electron chi connectivity index (χ2n) is 7.20. The normalized spacial score (nSPS) is 17.9. The second kappa shape index (κ2) is 13.8. The van der Waals surface area contributed by atoms with Gasteiger partial charge in [0.05, 0.1) is 0 Å². The Morgan fingerprint density at radius 2 is 1.38 bits per heavy atom. The van der Waals surface area contributed by atoms with Gasteiger partial charge in [-0.05, 0) is 12.3 Å². The van der Waals surface area contributed by atoms with Crippen molar-refractivity contribution >= 4 is 11.1 Å². The zero-order chi connectivity index (χ0) is 18.5. The predicted octanol–water partition coefficient (Wildman–Crippen LogP) is 5.09. The van der Waals surface area contributed by atoms with E-state index in [1.807, 2.05) is 6.92 Å². The lowest BCUT2D eigenvalue weighted by Crippen LogP contribution is -2.39. The zero-order valence-electron chi connectivity index (χ0n) is 15.9. The van der Waals surface area contributed by atoms with E-state index in [2.05, 4.69) is 6.92 Å². The molecular weight excluding hydrogens is 326 g/mol. The zero-order valence-corrected chi connectivity index (χ0v) is 16.7. The predicted molar refractivity (Wildman–Crippen MR) is 99.3 cm³/mol. The van der Waals surface area contributed by atoms with Crippen molar-refractivity contribution in [1.29, 1.82) is 0 Å². The lowest BCUT2D eigenvalue weighted by Gasteiger charge is -2.31. The standard InChI is InChI=1S/C18H37NO4S/c1-5-6-7-8-9-10-11-12-13-14-15(2)18(24(22)23)16(3)17(4)19(20)21/h15-18H,5-14H2,1-4H3,(H,22,23)/p-1. The highest BCUT2D eigenvalue weighted by Gasteiger charge is 2.34. The molecule has 6 heteroatoms. The summed E-state index contributed by atoms with van der Waals surface area (Å²) >= 11 is -2.27. The molecular formula is C18H36NO4S-. The third kappa shape index (κ3) is 9.72. The summed E-state index contributed by atoms with van der Waals surface area (Å²) in [6, 6.07) is -0.835. The Labute approximate surface area is 150 Å². The monoisotopic (exact) mass is 362 g/mol. The summed E-state index contributed by atoms with van der Waals surface area (Å²) in [5.41, 5.74) is 0. The molecule has 0 aromatic heterocycles. The van der Waals surface area contributed by atoms with Gasteiger partial charge in [-0.15, -0.1) is 0 Å². The van der Waals surface area contributed by atoms with E-state index >= 15 is 0 Å². The summed E-state index contributed by atoms with van der Waals surface area (Å²) in [4.78, 5) is 10.5. The molecule has 0 bridgehead atoms. The quantitative estimate of drug-likeness (QED) is 0.176. The number of hydrogen-bond acceptors (Lipinski definition) is 4. The maximum absolute atomic E-state index is 11.5. The highest BCUT2D eigenvalue weighted by atomic mass is 32.2. The summed E-state index contributed by atoms with van der Waals surface area (Å²) in [5, 5.41) is 10.3. The number of rotatable bonds is 15. The number of nitro groups is 1. The van der Waals surface area contributed by atoms with E-state index in [1.165, 1.54) is 51.9 Å². The van der Waals surface area contributed by atoms with Crippen molar-refractivity contribution in [2.24, 2.45) is 11.8 Å². The van der Waals surface area contributed by atoms with Crippen LogP contribution in [0.25, 0.3) is 0 Å². The van der Waals surface area contributed by atoms with Crippen LogP contribution in [0.5, 0.6) is 0 Å². The molecule has 5 unspecified atom stereocenters. The molecule has 0 amide bonds. The molecule has 0 fully saturated rings. The van der Waals surface area contributed by atoms with Gasteiger partial charge < -0.3 is 4.55 Å². The van der Waals surface area contributed by atoms with E-state index in [1.54, 1.807) is 6.92 Å². The third-order valence-corrected chi connectivity index (χ3v) is 6.50. The molecule has 24 heavy (non-hydrogen) atoms. The van der Waals surface area contributed by atoms with Crippen LogP contribution in [0.1, 0.15) is 91.9 Å². The first-order valence-corrected chi connectivity index (χ1v) is 10.7. The van der Waals surface area contributed by atoms with Crippen LogP contribution in [0.3, 0.4) is 0 Å². The van der Waals surface area contributed by atoms with Gasteiger partial charge in [0, 0.05) is 23.0 Å². The maximum atomic E-state index is 11.5. The topological polar surface area (TPSA) is 83.3 Å². The summed E-state index contributed by atoms with van der Waals surface area (Å²) in [5.74, 6) is -0.503. The SMILES string of the molecule is CCCCCCCCCCCC(C)C(C(C)C(C)[N+](=O)[O-])S(=O)[O-]. The Morgan fingerprint density at radius 3 is 1.79 bits per heavy atom. The molecule has 0 aliphatic heterocycles. The molecule has 5 atom stereocenters. The van der Waals surface area contributed by atoms with Gasteiger partial charge in [-0.25, -0.2) is 0 Å². The molecule has 0 radical (unpaired) electrons. The van der Waals surface area contributed by atoms with Gasteiger partial charge in [0.25, 0.3) is 0 Å². The molecule has 0 aliphatic rings. The first-order chi connectivity index (χ1) is 11.3. The number of nitrogens with zero attached hydrogens (tertiary/aromatic N) is 1. The molecule has 5 nitrogen and oxygen atoms in total. The van der Waals surface area contributed by atoms with E-state index in [0.717, 1.165) is 19.3 Å². The highest BCUT2D eigenvalue weighted by Crippen LogP contribution is 2.26. The first kappa shape index (κ1) is 23.5. The first-order valence-electron chi connectivity index (χ1n) is 9.54. The molecule has 144 valence electrons. The Bertz CT molecular complexity index is 365. The van der Waals surface area contributed by atoms with Crippen molar-refractivity contribution in [3.05, 3.63) is 10.1 Å². The Kier molecular flexibility index (Phi) is 13.5. The highest BCUT2D eigenvalue weighted by molar-refractivity contribution is 7.79. The van der Waals surface area contributed by atoms with Crippen LogP contribution in [-0.2, 0) is 11.1 Å². The molecule has 0 aliphatic carbocycles. The minimum absolute atomic E-state index is 0.0368.